The first kappa shape index (κ1) is 56.6. The molecule has 1 aliphatic heterocycles. The number of ether oxygens (including phenoxy) is 1. The maximum atomic E-state index is 13.9. The first-order chi connectivity index (χ1) is 33.5. The van der Waals surface area contributed by atoms with E-state index < -0.39 is 107 Å². The predicted octanol–water partition coefficient (Wildman–Crippen LogP) is 1.54. The van der Waals surface area contributed by atoms with Crippen LogP contribution in [0, 0.1) is 5.92 Å². The van der Waals surface area contributed by atoms with Gasteiger partial charge in [-0.1, -0.05) is 105 Å². The van der Waals surface area contributed by atoms with Crippen molar-refractivity contribution in [1.29, 1.82) is 0 Å². The summed E-state index contributed by atoms with van der Waals surface area (Å²) in [6.07, 6.45) is 1.95. The molecule has 1 heterocycles. The third kappa shape index (κ3) is 18.4. The molecular formula is C50H67N7O11S2. The molecule has 0 spiro atoms. The van der Waals surface area contributed by atoms with Crippen molar-refractivity contribution >= 4 is 70.0 Å². The zero-order chi connectivity index (χ0) is 51.2. The van der Waals surface area contributed by atoms with E-state index in [1.165, 1.54) is 31.2 Å². The third-order valence-corrected chi connectivity index (χ3v) is 13.3. The Labute approximate surface area is 417 Å². The van der Waals surface area contributed by atoms with E-state index in [1.54, 1.807) is 37.3 Å². The van der Waals surface area contributed by atoms with Crippen LogP contribution in [0.5, 0.6) is 5.75 Å². The van der Waals surface area contributed by atoms with Crippen LogP contribution in [0.1, 0.15) is 70.1 Å². The standard InChI is InChI=1S/C50H67N7O11S2/c1-6-30(2)42-48(65)53-37(23-25-69-5)50(67)70-29-40(47(64)51-31(3)44(61)54-38(45(62)56-42)27-34-16-11-8-12-17-34)55-49(66)43(32(4)59)57-46(63)39(28-58)52-41(60)18-13-24-68-36-21-19-35(20-22-36)26-33-14-9-7-10-15-33/h7-12,14-17,19-22,30-32,37-40,42-43,58-59H,6,13,18,23-29H2,1-5H3,(H,51,64)(H,52,60)(H,53,65)(H,54,61)(H,55,66)(H,56,62)(H,57,63)/t30-,31-,32+,37-,38-,39-,40-,42-,43-/m0/s1. The lowest BCUT2D eigenvalue weighted by molar-refractivity contribution is -0.136. The Morgan fingerprint density at radius 2 is 1.41 bits per heavy atom. The van der Waals surface area contributed by atoms with Gasteiger partial charge in [-0.15, -0.1) is 0 Å². The molecule has 0 aliphatic carbocycles. The Morgan fingerprint density at radius 3 is 2.03 bits per heavy atom. The molecule has 4 rings (SSSR count). The average molecular weight is 1010 g/mol. The highest BCUT2D eigenvalue weighted by molar-refractivity contribution is 8.13. The Bertz CT molecular complexity index is 2210. The van der Waals surface area contributed by atoms with Crippen molar-refractivity contribution in [3.05, 3.63) is 102 Å². The minimum Gasteiger partial charge on any atom is -0.494 e. The molecule has 0 bridgehead atoms. The molecular weight excluding hydrogens is 939 g/mol. The van der Waals surface area contributed by atoms with Gasteiger partial charge in [0.2, 0.25) is 46.5 Å². The van der Waals surface area contributed by atoms with Crippen LogP contribution in [0.3, 0.4) is 0 Å². The fraction of sp³-hybridized carbons (Fsp3) is 0.480. The fourth-order valence-electron chi connectivity index (χ4n) is 7.23. The lowest BCUT2D eigenvalue weighted by Crippen LogP contribution is -2.62. The molecule has 70 heavy (non-hydrogen) atoms. The van der Waals surface area contributed by atoms with E-state index >= 15 is 0 Å². The zero-order valence-electron chi connectivity index (χ0n) is 40.2. The van der Waals surface area contributed by atoms with Gasteiger partial charge < -0.3 is 52.2 Å². The molecule has 0 radical (unpaired) electrons. The van der Waals surface area contributed by atoms with Gasteiger partial charge in [0, 0.05) is 18.6 Å². The maximum absolute atomic E-state index is 13.9. The molecule has 1 saturated heterocycles. The number of thioether (sulfide) groups is 2. The molecule has 20 heteroatoms. The maximum Gasteiger partial charge on any atom is 0.245 e. The van der Waals surface area contributed by atoms with Gasteiger partial charge in [0.15, 0.2) is 0 Å². The molecule has 380 valence electrons. The summed E-state index contributed by atoms with van der Waals surface area (Å²) in [6.45, 7) is 5.52. The number of hydrogen-bond acceptors (Lipinski definition) is 13. The van der Waals surface area contributed by atoms with Gasteiger partial charge >= 0.3 is 0 Å². The van der Waals surface area contributed by atoms with Gasteiger partial charge in [-0.05, 0) is 79.9 Å². The van der Waals surface area contributed by atoms with E-state index in [0.29, 0.717) is 35.2 Å². The second kappa shape index (κ2) is 29.3. The molecule has 3 aromatic carbocycles. The molecule has 9 atom stereocenters. The van der Waals surface area contributed by atoms with Crippen molar-refractivity contribution in [3.8, 4) is 5.75 Å². The number of amides is 7. The Kier molecular flexibility index (Phi) is 23.7. The van der Waals surface area contributed by atoms with Gasteiger partial charge in [0.25, 0.3) is 0 Å². The van der Waals surface area contributed by atoms with Crippen molar-refractivity contribution in [2.24, 2.45) is 5.92 Å². The number of aliphatic hydroxyl groups excluding tert-OH is 2. The van der Waals surface area contributed by atoms with Crippen LogP contribution in [0.4, 0.5) is 0 Å². The number of hydrogen-bond donors (Lipinski definition) is 9. The Hall–Kier alpha value is -5.96. The van der Waals surface area contributed by atoms with Crippen LogP contribution < -0.4 is 42.0 Å². The highest BCUT2D eigenvalue weighted by Crippen LogP contribution is 2.18. The summed E-state index contributed by atoms with van der Waals surface area (Å²) in [5.41, 5.74) is 2.98. The van der Waals surface area contributed by atoms with E-state index in [4.69, 9.17) is 4.74 Å². The summed E-state index contributed by atoms with van der Waals surface area (Å²) >= 11 is 2.07. The van der Waals surface area contributed by atoms with Crippen molar-refractivity contribution in [2.75, 3.05) is 31.0 Å². The van der Waals surface area contributed by atoms with Crippen molar-refractivity contribution in [3.63, 3.8) is 0 Å². The Morgan fingerprint density at radius 1 is 0.786 bits per heavy atom. The molecule has 3 aromatic rings. The number of nitrogens with one attached hydrogen (secondary N) is 7. The molecule has 0 aromatic heterocycles. The topological polar surface area (TPSA) is 270 Å². The Balaban J connectivity index is 1.45. The second-order valence-corrected chi connectivity index (χ2v) is 19.2. The van der Waals surface area contributed by atoms with Gasteiger partial charge in [0.05, 0.1) is 25.4 Å². The number of carbonyl (C=O) groups excluding carboxylic acids is 8. The molecule has 9 N–H and O–H groups in total. The van der Waals surface area contributed by atoms with E-state index in [0.717, 1.165) is 12.0 Å². The number of aliphatic hydroxyl groups is 2. The van der Waals surface area contributed by atoms with Crippen LogP contribution in [0.2, 0.25) is 0 Å². The summed E-state index contributed by atoms with van der Waals surface area (Å²) in [4.78, 5) is 109. The first-order valence-corrected chi connectivity index (χ1v) is 25.8. The molecule has 18 nitrogen and oxygen atoms in total. The molecule has 1 aliphatic rings. The first-order valence-electron chi connectivity index (χ1n) is 23.4. The second-order valence-electron chi connectivity index (χ2n) is 17.2. The number of carbonyl (C=O) groups is 8. The van der Waals surface area contributed by atoms with Crippen LogP contribution in [0.15, 0.2) is 84.9 Å². The van der Waals surface area contributed by atoms with Gasteiger partial charge in [0.1, 0.15) is 42.0 Å². The molecule has 1 fully saturated rings. The molecule has 0 unspecified atom stereocenters. The summed E-state index contributed by atoms with van der Waals surface area (Å²) in [5, 5.41) is 38.2. The van der Waals surface area contributed by atoms with Gasteiger partial charge in [-0.25, -0.2) is 0 Å². The SMILES string of the molecule is CC[C@H](C)[C@@H]1NC(=O)[C@H](Cc2ccccc2)NC(=O)[C@H](C)NC(=O)[C@@H](NC(=O)[C@@H](NC(=O)[C@H](CO)NC(=O)CCCOc2ccc(Cc3ccccc3)cc2)[C@@H](C)O)CSC(=O)[C@H](CCSC)NC1=O. The smallest absolute Gasteiger partial charge is 0.245 e. The van der Waals surface area contributed by atoms with Crippen LogP contribution in [-0.4, -0.2) is 136 Å². The van der Waals surface area contributed by atoms with E-state index in [9.17, 15) is 48.6 Å². The molecule has 7 amide bonds. The highest BCUT2D eigenvalue weighted by atomic mass is 32.2. The lowest BCUT2D eigenvalue weighted by atomic mass is 9.96. The fourth-order valence-corrected chi connectivity index (χ4v) is 8.64. The van der Waals surface area contributed by atoms with E-state index in [2.05, 4.69) is 37.2 Å². The van der Waals surface area contributed by atoms with Crippen LogP contribution in [-0.2, 0) is 51.2 Å². The summed E-state index contributed by atoms with van der Waals surface area (Å²) in [7, 11) is 0. The summed E-state index contributed by atoms with van der Waals surface area (Å²) < 4.78 is 5.78. The average Bonchev–Trinajstić information content (AvgIpc) is 3.35. The lowest BCUT2D eigenvalue weighted by Gasteiger charge is -2.30. The largest absolute Gasteiger partial charge is 0.494 e. The monoisotopic (exact) mass is 1010 g/mol. The van der Waals surface area contributed by atoms with E-state index in [1.807, 2.05) is 67.8 Å². The quantitative estimate of drug-likeness (QED) is 0.0687. The summed E-state index contributed by atoms with van der Waals surface area (Å²) in [5.74, 6) is -5.35. The predicted molar refractivity (Wildman–Crippen MR) is 268 cm³/mol. The van der Waals surface area contributed by atoms with Crippen LogP contribution >= 0.6 is 23.5 Å². The summed E-state index contributed by atoms with van der Waals surface area (Å²) in [6, 6.07) is 17.0. The van der Waals surface area contributed by atoms with Gasteiger partial charge in [-0.2, -0.15) is 11.8 Å². The zero-order valence-corrected chi connectivity index (χ0v) is 41.9. The van der Waals surface area contributed by atoms with Crippen molar-refractivity contribution < 1.29 is 53.3 Å². The normalized spacial score (nSPS) is 21.1. The van der Waals surface area contributed by atoms with Crippen LogP contribution in [0.25, 0.3) is 0 Å². The molecule has 0 saturated carbocycles. The number of benzene rings is 3. The number of rotatable bonds is 21. The third-order valence-electron chi connectivity index (χ3n) is 11.6. The van der Waals surface area contributed by atoms with Gasteiger partial charge in [-0.3, -0.25) is 38.4 Å². The minimum atomic E-state index is -1.73. The minimum absolute atomic E-state index is 0.0339. The van der Waals surface area contributed by atoms with E-state index in [-0.39, 0.29) is 38.2 Å². The van der Waals surface area contributed by atoms with Crippen molar-refractivity contribution in [2.45, 2.75) is 115 Å². The highest BCUT2D eigenvalue weighted by Gasteiger charge is 2.37. The van der Waals surface area contributed by atoms with Crippen molar-refractivity contribution in [1.82, 2.24) is 37.2 Å².